The van der Waals surface area contributed by atoms with Gasteiger partial charge in [0.15, 0.2) is 5.75 Å². The summed E-state index contributed by atoms with van der Waals surface area (Å²) < 4.78 is 33.7. The Kier molecular flexibility index (Phi) is 5.21. The Morgan fingerprint density at radius 3 is 2.50 bits per heavy atom. The highest BCUT2D eigenvalue weighted by molar-refractivity contribution is 6.02. The lowest BCUT2D eigenvalue weighted by Gasteiger charge is -2.11. The third-order valence-electron chi connectivity index (χ3n) is 4.20. The van der Waals surface area contributed by atoms with Crippen molar-refractivity contribution in [1.29, 1.82) is 0 Å². The minimum Gasteiger partial charge on any atom is -0.455 e. The molecule has 4 rings (SSSR count). The van der Waals surface area contributed by atoms with Crippen LogP contribution in [-0.2, 0) is 0 Å². The first-order valence-electron chi connectivity index (χ1n) is 9.03. The first-order chi connectivity index (χ1) is 14.5. The average molecular weight is 406 g/mol. The van der Waals surface area contributed by atoms with Crippen LogP contribution in [0, 0.1) is 18.6 Å². The fourth-order valence-corrected chi connectivity index (χ4v) is 2.81. The van der Waals surface area contributed by atoms with Gasteiger partial charge in [-0.05, 0) is 55.5 Å². The molecule has 1 aromatic heterocycles. The maximum Gasteiger partial charge on any atom is 0.295 e. The van der Waals surface area contributed by atoms with E-state index in [-0.39, 0.29) is 11.6 Å². The monoisotopic (exact) mass is 406 g/mol. The van der Waals surface area contributed by atoms with Crippen LogP contribution in [-0.4, -0.2) is 20.7 Å². The molecule has 8 heteroatoms. The standard InChI is InChI=1S/C22H16F2N4O2/c1-14-25-21(27-28(14)17-11-9-15(23)10-12-17)22(29)26-19-7-2-3-8-20(19)30-18-6-4-5-16(24)13-18/h2-13H,1H3,(H,26,29). The molecule has 150 valence electrons. The van der Waals surface area contributed by atoms with Crippen molar-refractivity contribution < 1.29 is 18.3 Å². The van der Waals surface area contributed by atoms with Crippen molar-refractivity contribution in [3.8, 4) is 17.2 Å². The number of para-hydroxylation sites is 2. The van der Waals surface area contributed by atoms with Crippen LogP contribution in [0.15, 0.2) is 72.8 Å². The van der Waals surface area contributed by atoms with E-state index in [1.54, 1.807) is 49.4 Å². The van der Waals surface area contributed by atoms with E-state index in [0.717, 1.165) is 0 Å². The summed E-state index contributed by atoms with van der Waals surface area (Å²) in [6.07, 6.45) is 0. The number of carbonyl (C=O) groups is 1. The van der Waals surface area contributed by atoms with Crippen LogP contribution >= 0.6 is 0 Å². The number of amides is 1. The van der Waals surface area contributed by atoms with Crippen LogP contribution in [0.4, 0.5) is 14.5 Å². The largest absolute Gasteiger partial charge is 0.455 e. The smallest absolute Gasteiger partial charge is 0.295 e. The lowest BCUT2D eigenvalue weighted by atomic mass is 10.2. The Morgan fingerprint density at radius 2 is 1.73 bits per heavy atom. The summed E-state index contributed by atoms with van der Waals surface area (Å²) >= 11 is 0. The average Bonchev–Trinajstić information content (AvgIpc) is 3.12. The Hall–Kier alpha value is -4.07. The molecule has 4 aromatic rings. The van der Waals surface area contributed by atoms with Gasteiger partial charge in [0.2, 0.25) is 5.82 Å². The number of carbonyl (C=O) groups excluding carboxylic acids is 1. The maximum absolute atomic E-state index is 13.4. The Morgan fingerprint density at radius 1 is 0.967 bits per heavy atom. The first kappa shape index (κ1) is 19.3. The van der Waals surface area contributed by atoms with E-state index in [4.69, 9.17) is 4.74 Å². The van der Waals surface area contributed by atoms with Gasteiger partial charge in [0.25, 0.3) is 5.91 Å². The molecule has 0 unspecified atom stereocenters. The molecule has 1 heterocycles. The Balaban J connectivity index is 1.56. The fourth-order valence-electron chi connectivity index (χ4n) is 2.81. The number of hydrogen-bond donors (Lipinski definition) is 1. The second kappa shape index (κ2) is 8.12. The zero-order valence-corrected chi connectivity index (χ0v) is 15.8. The molecule has 1 N–H and O–H groups in total. The quantitative estimate of drug-likeness (QED) is 0.512. The van der Waals surface area contributed by atoms with Gasteiger partial charge in [-0.25, -0.2) is 18.4 Å². The number of hydrogen-bond acceptors (Lipinski definition) is 4. The van der Waals surface area contributed by atoms with Crippen LogP contribution in [0.3, 0.4) is 0 Å². The molecular weight excluding hydrogens is 390 g/mol. The van der Waals surface area contributed by atoms with Gasteiger partial charge in [0.05, 0.1) is 11.4 Å². The lowest BCUT2D eigenvalue weighted by Crippen LogP contribution is -2.14. The normalized spacial score (nSPS) is 10.6. The van der Waals surface area contributed by atoms with E-state index in [1.807, 2.05) is 0 Å². The summed E-state index contributed by atoms with van der Waals surface area (Å²) in [5, 5.41) is 6.92. The minimum atomic E-state index is -0.547. The van der Waals surface area contributed by atoms with Crippen molar-refractivity contribution in [2.75, 3.05) is 5.32 Å². The molecule has 0 atom stereocenters. The zero-order chi connectivity index (χ0) is 21.1. The highest BCUT2D eigenvalue weighted by Crippen LogP contribution is 2.29. The van der Waals surface area contributed by atoms with Gasteiger partial charge in [0.1, 0.15) is 23.2 Å². The highest BCUT2D eigenvalue weighted by Gasteiger charge is 2.17. The Bertz CT molecular complexity index is 1210. The Labute approximate surface area is 170 Å². The number of nitrogens with zero attached hydrogens (tertiary/aromatic N) is 3. The number of benzene rings is 3. The van der Waals surface area contributed by atoms with E-state index in [1.165, 1.54) is 35.0 Å². The van der Waals surface area contributed by atoms with E-state index in [9.17, 15) is 13.6 Å². The number of nitrogens with one attached hydrogen (secondary N) is 1. The predicted octanol–water partition coefficient (Wildman–Crippen LogP) is 4.90. The van der Waals surface area contributed by atoms with Crippen molar-refractivity contribution in [3.63, 3.8) is 0 Å². The second-order valence-corrected chi connectivity index (χ2v) is 6.38. The van der Waals surface area contributed by atoms with Crippen molar-refractivity contribution in [1.82, 2.24) is 14.8 Å². The first-order valence-corrected chi connectivity index (χ1v) is 9.03. The summed E-state index contributed by atoms with van der Waals surface area (Å²) in [5.41, 5.74) is 0.956. The van der Waals surface area contributed by atoms with Crippen LogP contribution in [0.2, 0.25) is 0 Å². The third-order valence-corrected chi connectivity index (χ3v) is 4.20. The van der Waals surface area contributed by atoms with Gasteiger partial charge < -0.3 is 10.1 Å². The van der Waals surface area contributed by atoms with Crippen LogP contribution < -0.4 is 10.1 Å². The van der Waals surface area contributed by atoms with E-state index in [2.05, 4.69) is 15.4 Å². The third kappa shape index (κ3) is 4.17. The number of aryl methyl sites for hydroxylation is 1. The lowest BCUT2D eigenvalue weighted by molar-refractivity contribution is 0.101. The number of anilines is 1. The molecule has 0 aliphatic rings. The maximum atomic E-state index is 13.4. The van der Waals surface area contributed by atoms with Gasteiger partial charge in [-0.15, -0.1) is 5.10 Å². The van der Waals surface area contributed by atoms with Gasteiger partial charge in [-0.2, -0.15) is 0 Å². The molecule has 0 saturated carbocycles. The molecule has 0 spiro atoms. The second-order valence-electron chi connectivity index (χ2n) is 6.38. The molecule has 0 aliphatic carbocycles. The number of halogens is 2. The van der Waals surface area contributed by atoms with Crippen LogP contribution in [0.1, 0.15) is 16.4 Å². The molecule has 0 radical (unpaired) electrons. The molecule has 0 aliphatic heterocycles. The number of ether oxygens (including phenoxy) is 1. The molecular formula is C22H16F2N4O2. The molecule has 30 heavy (non-hydrogen) atoms. The molecule has 1 amide bonds. The van der Waals surface area contributed by atoms with Gasteiger partial charge in [-0.1, -0.05) is 18.2 Å². The zero-order valence-electron chi connectivity index (χ0n) is 15.8. The molecule has 0 saturated heterocycles. The van der Waals surface area contributed by atoms with Gasteiger partial charge in [0, 0.05) is 6.07 Å². The summed E-state index contributed by atoms with van der Waals surface area (Å²) in [4.78, 5) is 16.9. The van der Waals surface area contributed by atoms with Crippen molar-refractivity contribution in [3.05, 3.63) is 96.1 Å². The minimum absolute atomic E-state index is 0.0580. The van der Waals surface area contributed by atoms with Gasteiger partial charge in [-0.3, -0.25) is 4.79 Å². The van der Waals surface area contributed by atoms with E-state index < -0.39 is 11.7 Å². The highest BCUT2D eigenvalue weighted by atomic mass is 19.1. The summed E-state index contributed by atoms with van der Waals surface area (Å²) in [6, 6.07) is 18.1. The number of rotatable bonds is 5. The van der Waals surface area contributed by atoms with Crippen molar-refractivity contribution in [2.45, 2.75) is 6.92 Å². The molecule has 6 nitrogen and oxygen atoms in total. The summed E-state index contributed by atoms with van der Waals surface area (Å²) in [6.45, 7) is 1.69. The van der Waals surface area contributed by atoms with E-state index in [0.29, 0.717) is 28.7 Å². The fraction of sp³-hybridized carbons (Fsp3) is 0.0455. The van der Waals surface area contributed by atoms with Crippen molar-refractivity contribution >= 4 is 11.6 Å². The molecule has 0 fully saturated rings. The van der Waals surface area contributed by atoms with Crippen LogP contribution in [0.5, 0.6) is 11.5 Å². The predicted molar refractivity (Wildman–Crippen MR) is 107 cm³/mol. The summed E-state index contributed by atoms with van der Waals surface area (Å²) in [5.74, 6) is -0.301. The molecule has 0 bridgehead atoms. The SMILES string of the molecule is Cc1nc(C(=O)Nc2ccccc2Oc2cccc(F)c2)nn1-c1ccc(F)cc1. The molecule has 3 aromatic carbocycles. The topological polar surface area (TPSA) is 69.0 Å². The summed E-state index contributed by atoms with van der Waals surface area (Å²) in [7, 11) is 0. The van der Waals surface area contributed by atoms with Crippen LogP contribution in [0.25, 0.3) is 5.69 Å². The van der Waals surface area contributed by atoms with Gasteiger partial charge >= 0.3 is 0 Å². The van der Waals surface area contributed by atoms with E-state index >= 15 is 0 Å². The number of aromatic nitrogens is 3. The van der Waals surface area contributed by atoms with Crippen molar-refractivity contribution in [2.24, 2.45) is 0 Å².